The van der Waals surface area contributed by atoms with Gasteiger partial charge in [-0.1, -0.05) is 48.5 Å². The van der Waals surface area contributed by atoms with Crippen molar-refractivity contribution in [2.75, 3.05) is 31.1 Å². The number of amides is 1. The van der Waals surface area contributed by atoms with E-state index in [2.05, 4.69) is 17.0 Å². The van der Waals surface area contributed by atoms with Crippen LogP contribution < -0.4 is 4.90 Å². The number of anilines is 1. The lowest BCUT2D eigenvalue weighted by atomic mass is 9.60. The summed E-state index contributed by atoms with van der Waals surface area (Å²) in [4.78, 5) is 29.8. The highest BCUT2D eigenvalue weighted by Crippen LogP contribution is 2.50. The number of carboxylic acids is 1. The van der Waals surface area contributed by atoms with Crippen LogP contribution in [0.4, 0.5) is 5.69 Å². The third-order valence-corrected chi connectivity index (χ3v) is 7.09. The molecule has 2 fully saturated rings. The highest BCUT2D eigenvalue weighted by molar-refractivity contribution is 5.87. The highest BCUT2D eigenvalue weighted by Gasteiger charge is 2.55. The molecule has 1 aliphatic heterocycles. The number of carbonyl (C=O) groups excluding carboxylic acids is 1. The zero-order valence-electron chi connectivity index (χ0n) is 17.9. The lowest BCUT2D eigenvalue weighted by Gasteiger charge is -2.47. The van der Waals surface area contributed by atoms with E-state index < -0.39 is 22.9 Å². The average Bonchev–Trinajstić information content (AvgIpc) is 2.80. The smallest absolute Gasteiger partial charge is 0.310 e. The molecule has 2 aromatic carbocycles. The Morgan fingerprint density at radius 2 is 1.52 bits per heavy atom. The van der Waals surface area contributed by atoms with Crippen molar-refractivity contribution in [1.82, 2.24) is 4.90 Å². The maximum Gasteiger partial charge on any atom is 0.310 e. The largest absolute Gasteiger partial charge is 0.481 e. The van der Waals surface area contributed by atoms with Crippen molar-refractivity contribution < 1.29 is 19.8 Å². The molecule has 0 spiro atoms. The third kappa shape index (κ3) is 4.04. The molecule has 0 bridgehead atoms. The Balaban J connectivity index is 1.49. The second-order valence-corrected chi connectivity index (χ2v) is 9.04. The summed E-state index contributed by atoms with van der Waals surface area (Å²) in [7, 11) is 0. The van der Waals surface area contributed by atoms with Crippen molar-refractivity contribution in [1.29, 1.82) is 0 Å². The topological polar surface area (TPSA) is 81.1 Å². The van der Waals surface area contributed by atoms with Crippen LogP contribution in [0.2, 0.25) is 0 Å². The second-order valence-electron chi connectivity index (χ2n) is 9.04. The molecule has 164 valence electrons. The number of benzene rings is 2. The van der Waals surface area contributed by atoms with E-state index in [1.54, 1.807) is 11.8 Å². The molecule has 1 saturated heterocycles. The Bertz CT molecular complexity index is 927. The molecule has 31 heavy (non-hydrogen) atoms. The second kappa shape index (κ2) is 8.35. The molecule has 1 heterocycles. The van der Waals surface area contributed by atoms with E-state index in [1.807, 2.05) is 48.5 Å². The fourth-order valence-electron chi connectivity index (χ4n) is 5.18. The van der Waals surface area contributed by atoms with Crippen molar-refractivity contribution in [2.45, 2.75) is 31.8 Å². The Hall–Kier alpha value is -2.86. The lowest BCUT2D eigenvalue weighted by Crippen LogP contribution is -2.56. The summed E-state index contributed by atoms with van der Waals surface area (Å²) in [6.45, 7) is 4.21. The summed E-state index contributed by atoms with van der Waals surface area (Å²) < 4.78 is 0. The van der Waals surface area contributed by atoms with Gasteiger partial charge in [-0.25, -0.2) is 0 Å². The fourth-order valence-corrected chi connectivity index (χ4v) is 5.18. The fraction of sp³-hybridized carbons (Fsp3) is 0.440. The Morgan fingerprint density at radius 1 is 0.935 bits per heavy atom. The zero-order valence-corrected chi connectivity index (χ0v) is 17.9. The van der Waals surface area contributed by atoms with Gasteiger partial charge >= 0.3 is 5.97 Å². The number of carboxylic acid groups (broad SMARTS) is 1. The van der Waals surface area contributed by atoms with E-state index in [1.165, 1.54) is 0 Å². The predicted molar refractivity (Wildman–Crippen MR) is 119 cm³/mol. The van der Waals surface area contributed by atoms with Crippen molar-refractivity contribution in [2.24, 2.45) is 11.3 Å². The van der Waals surface area contributed by atoms with Gasteiger partial charge in [0.2, 0.25) is 5.91 Å². The van der Waals surface area contributed by atoms with Gasteiger partial charge in [0, 0.05) is 31.9 Å². The average molecular weight is 423 g/mol. The molecule has 0 unspecified atom stereocenters. The summed E-state index contributed by atoms with van der Waals surface area (Å²) in [6.07, 6.45) is 0.756. The van der Waals surface area contributed by atoms with Gasteiger partial charge < -0.3 is 20.0 Å². The molecule has 2 aliphatic rings. The Labute approximate surface area is 183 Å². The van der Waals surface area contributed by atoms with Crippen LogP contribution in [0.3, 0.4) is 0 Å². The van der Waals surface area contributed by atoms with Crippen LogP contribution in [0.5, 0.6) is 0 Å². The van der Waals surface area contributed by atoms with Crippen molar-refractivity contribution in [3.63, 3.8) is 0 Å². The van der Waals surface area contributed by atoms with Crippen LogP contribution in [0.25, 0.3) is 0 Å². The number of rotatable bonds is 4. The molecule has 0 aromatic heterocycles. The molecule has 6 nitrogen and oxygen atoms in total. The van der Waals surface area contributed by atoms with E-state index >= 15 is 0 Å². The first-order valence-electron chi connectivity index (χ1n) is 10.9. The number of aliphatic hydroxyl groups is 1. The molecule has 6 heteroatoms. The van der Waals surface area contributed by atoms with Crippen molar-refractivity contribution in [3.05, 3.63) is 66.2 Å². The third-order valence-electron chi connectivity index (χ3n) is 7.09. The first kappa shape index (κ1) is 21.4. The molecule has 1 aliphatic carbocycles. The summed E-state index contributed by atoms with van der Waals surface area (Å²) >= 11 is 0. The number of piperazine rings is 1. The van der Waals surface area contributed by atoms with Gasteiger partial charge in [0.25, 0.3) is 0 Å². The van der Waals surface area contributed by atoms with Gasteiger partial charge in [0.05, 0.1) is 16.9 Å². The van der Waals surface area contributed by atoms with Crippen LogP contribution in [0.15, 0.2) is 60.7 Å². The van der Waals surface area contributed by atoms with Gasteiger partial charge in [-0.05, 0) is 43.9 Å². The monoisotopic (exact) mass is 422 g/mol. The van der Waals surface area contributed by atoms with Crippen molar-refractivity contribution in [3.8, 4) is 0 Å². The zero-order chi connectivity index (χ0) is 22.1. The summed E-state index contributed by atoms with van der Waals surface area (Å²) in [6, 6.07) is 19.3. The molecule has 1 saturated carbocycles. The molecule has 2 N–H and O–H groups in total. The lowest BCUT2D eigenvalue weighted by molar-refractivity contribution is -0.172. The minimum atomic E-state index is -1.32. The normalized spacial score (nSPS) is 28.9. The number of hydrogen-bond donors (Lipinski definition) is 2. The van der Waals surface area contributed by atoms with Gasteiger partial charge in [-0.2, -0.15) is 0 Å². The number of nitrogens with zero attached hydrogens (tertiary/aromatic N) is 2. The Morgan fingerprint density at radius 3 is 2.10 bits per heavy atom. The van der Waals surface area contributed by atoms with Crippen molar-refractivity contribution >= 4 is 17.6 Å². The van der Waals surface area contributed by atoms with Gasteiger partial charge in [-0.3, -0.25) is 9.59 Å². The van der Waals surface area contributed by atoms with Crippen LogP contribution in [-0.4, -0.2) is 53.2 Å². The molecule has 4 rings (SSSR count). The van der Waals surface area contributed by atoms with Gasteiger partial charge in [0.1, 0.15) is 0 Å². The molecular weight excluding hydrogens is 392 g/mol. The number of carbonyl (C=O) groups is 2. The summed E-state index contributed by atoms with van der Waals surface area (Å²) in [5.74, 6) is -1.77. The Kier molecular flexibility index (Phi) is 5.75. The van der Waals surface area contributed by atoms with E-state index in [9.17, 15) is 19.8 Å². The molecule has 0 radical (unpaired) electrons. The minimum Gasteiger partial charge on any atom is -0.481 e. The van der Waals surface area contributed by atoms with Gasteiger partial charge in [-0.15, -0.1) is 0 Å². The molecule has 1 amide bonds. The maximum absolute atomic E-state index is 13.4. The summed E-state index contributed by atoms with van der Waals surface area (Å²) in [5.41, 5.74) is -0.714. The minimum absolute atomic E-state index is 0.0275. The van der Waals surface area contributed by atoms with E-state index in [0.29, 0.717) is 31.5 Å². The SMILES string of the molecule is C[C@]1(C(=O)O)C[C@@](O)(c2ccccc2)CC[C@@H]1C(=O)N1CCN(c2ccccc2)CC1. The standard InChI is InChI=1S/C25H30N2O4/c1-24(23(29)30)18-25(31,19-8-4-2-5-9-19)13-12-21(24)22(28)27-16-14-26(15-17-27)20-10-6-3-7-11-20/h2-11,21,31H,12-18H2,1H3,(H,29,30)/t21-,24+,25-/m1/s1. The quantitative estimate of drug-likeness (QED) is 0.791. The van der Waals surface area contributed by atoms with Crippen LogP contribution in [-0.2, 0) is 15.2 Å². The number of aliphatic carboxylic acids is 1. The first-order chi connectivity index (χ1) is 14.8. The van der Waals surface area contributed by atoms with Crippen LogP contribution >= 0.6 is 0 Å². The van der Waals surface area contributed by atoms with Gasteiger partial charge in [0.15, 0.2) is 0 Å². The highest BCUT2D eigenvalue weighted by atomic mass is 16.4. The van der Waals surface area contributed by atoms with E-state index in [-0.39, 0.29) is 12.3 Å². The molecule has 2 aromatic rings. The first-order valence-corrected chi connectivity index (χ1v) is 10.9. The number of para-hydroxylation sites is 1. The predicted octanol–water partition coefficient (Wildman–Crippen LogP) is 3.11. The number of hydrogen-bond acceptors (Lipinski definition) is 4. The summed E-state index contributed by atoms with van der Waals surface area (Å²) in [5, 5.41) is 21.4. The maximum atomic E-state index is 13.4. The molecular formula is C25H30N2O4. The van der Waals surface area contributed by atoms with E-state index in [0.717, 1.165) is 18.8 Å². The van der Waals surface area contributed by atoms with E-state index in [4.69, 9.17) is 0 Å². The van der Waals surface area contributed by atoms with Crippen LogP contribution in [0, 0.1) is 11.3 Å². The van der Waals surface area contributed by atoms with Crippen LogP contribution in [0.1, 0.15) is 31.7 Å². The molecule has 3 atom stereocenters.